The average molecular weight is 309 g/mol. The van der Waals surface area contributed by atoms with Crippen LogP contribution in [0.4, 0.5) is 4.39 Å². The lowest BCUT2D eigenvalue weighted by atomic mass is 9.93. The van der Waals surface area contributed by atoms with Crippen LogP contribution in [0.1, 0.15) is 44.1 Å². The molecule has 0 saturated carbocycles. The first-order chi connectivity index (χ1) is 7.54. The van der Waals surface area contributed by atoms with Crippen molar-refractivity contribution >= 4 is 33.2 Å². The van der Waals surface area contributed by atoms with Gasteiger partial charge in [-0.1, -0.05) is 18.3 Å². The van der Waals surface area contributed by atoms with Gasteiger partial charge in [-0.3, -0.25) is 4.79 Å². The number of carboxylic acids is 1. The number of carbonyl (C=O) groups is 1. The minimum absolute atomic E-state index is 0.127. The van der Waals surface area contributed by atoms with Gasteiger partial charge in [0.1, 0.15) is 0 Å². The highest BCUT2D eigenvalue weighted by Gasteiger charge is 2.17. The Bertz CT molecular complexity index is 365. The van der Waals surface area contributed by atoms with Crippen LogP contribution in [0, 0.1) is 5.13 Å². The summed E-state index contributed by atoms with van der Waals surface area (Å²) in [5.74, 6) is -0.663. The summed E-state index contributed by atoms with van der Waals surface area (Å²) in [4.78, 5) is 10.4. The topological polar surface area (TPSA) is 37.3 Å². The molecule has 0 fully saturated rings. The largest absolute Gasteiger partial charge is 0.481 e. The Balaban J connectivity index is 2.60. The number of halogens is 2. The van der Waals surface area contributed by atoms with Crippen LogP contribution >= 0.6 is 27.3 Å². The average Bonchev–Trinajstić information content (AvgIpc) is 2.52. The van der Waals surface area contributed by atoms with Crippen molar-refractivity contribution in [1.82, 2.24) is 0 Å². The van der Waals surface area contributed by atoms with Crippen LogP contribution < -0.4 is 0 Å². The highest BCUT2D eigenvalue weighted by molar-refractivity contribution is 9.11. The molecule has 0 aromatic carbocycles. The molecular weight excluding hydrogens is 295 g/mol. The van der Waals surface area contributed by atoms with Crippen LogP contribution in [0.5, 0.6) is 0 Å². The zero-order chi connectivity index (χ0) is 12.1. The second-order valence-electron chi connectivity index (χ2n) is 3.67. The quantitative estimate of drug-likeness (QED) is 0.845. The lowest BCUT2D eigenvalue weighted by molar-refractivity contribution is -0.137. The van der Waals surface area contributed by atoms with Crippen molar-refractivity contribution in [3.8, 4) is 0 Å². The first-order valence-electron chi connectivity index (χ1n) is 5.21. The summed E-state index contributed by atoms with van der Waals surface area (Å²) >= 11 is 4.34. The van der Waals surface area contributed by atoms with E-state index in [4.69, 9.17) is 5.11 Å². The molecule has 1 aromatic rings. The molecule has 1 heterocycles. The second kappa shape index (κ2) is 6.35. The van der Waals surface area contributed by atoms with Crippen molar-refractivity contribution in [3.63, 3.8) is 0 Å². The fourth-order valence-corrected chi connectivity index (χ4v) is 3.08. The van der Waals surface area contributed by atoms with Gasteiger partial charge in [-0.25, -0.2) is 0 Å². The van der Waals surface area contributed by atoms with Crippen molar-refractivity contribution < 1.29 is 14.3 Å². The van der Waals surface area contributed by atoms with E-state index >= 15 is 0 Å². The number of carboxylic acid groups (broad SMARTS) is 1. The third-order valence-corrected chi connectivity index (χ3v) is 4.00. The smallest absolute Gasteiger partial charge is 0.303 e. The van der Waals surface area contributed by atoms with Gasteiger partial charge in [0.25, 0.3) is 0 Å². The van der Waals surface area contributed by atoms with Gasteiger partial charge in [-0.05, 0) is 47.2 Å². The van der Waals surface area contributed by atoms with Crippen molar-refractivity contribution in [1.29, 1.82) is 0 Å². The SMILES string of the molecule is CCC(CCCC(=O)O)c1cc(Br)sc1F. The summed E-state index contributed by atoms with van der Waals surface area (Å²) in [7, 11) is 0. The Hall–Kier alpha value is -0.420. The molecular formula is C11H14BrFO2S. The van der Waals surface area contributed by atoms with Crippen molar-refractivity contribution in [3.05, 3.63) is 20.5 Å². The summed E-state index contributed by atoms with van der Waals surface area (Å²) in [6.45, 7) is 2.00. The van der Waals surface area contributed by atoms with Crippen LogP contribution in [-0.2, 0) is 4.79 Å². The lowest BCUT2D eigenvalue weighted by Crippen LogP contribution is -2.01. The van der Waals surface area contributed by atoms with Gasteiger partial charge >= 0.3 is 5.97 Å². The van der Waals surface area contributed by atoms with Gasteiger partial charge in [0, 0.05) is 12.0 Å². The Labute approximate surface area is 107 Å². The van der Waals surface area contributed by atoms with Gasteiger partial charge in [-0.15, -0.1) is 0 Å². The maximum Gasteiger partial charge on any atom is 0.303 e. The van der Waals surface area contributed by atoms with Gasteiger partial charge in [-0.2, -0.15) is 4.39 Å². The summed E-state index contributed by atoms with van der Waals surface area (Å²) in [5, 5.41) is 8.39. The van der Waals surface area contributed by atoms with E-state index in [0.29, 0.717) is 12.0 Å². The molecule has 2 nitrogen and oxygen atoms in total. The molecule has 16 heavy (non-hydrogen) atoms. The van der Waals surface area contributed by atoms with Gasteiger partial charge in [0.2, 0.25) is 0 Å². The predicted octanol–water partition coefficient (Wildman–Crippen LogP) is 4.40. The van der Waals surface area contributed by atoms with Crippen LogP contribution in [0.25, 0.3) is 0 Å². The van der Waals surface area contributed by atoms with E-state index in [0.717, 1.165) is 28.0 Å². The van der Waals surface area contributed by atoms with E-state index < -0.39 is 5.97 Å². The third-order valence-electron chi connectivity index (χ3n) is 2.56. The number of hydrogen-bond acceptors (Lipinski definition) is 2. The molecule has 1 unspecified atom stereocenters. The monoisotopic (exact) mass is 308 g/mol. The Kier molecular flexibility index (Phi) is 5.41. The van der Waals surface area contributed by atoms with Crippen LogP contribution in [-0.4, -0.2) is 11.1 Å². The molecule has 1 aromatic heterocycles. The molecule has 0 amide bonds. The molecule has 0 aliphatic carbocycles. The number of aliphatic carboxylic acids is 1. The molecule has 90 valence electrons. The zero-order valence-corrected chi connectivity index (χ0v) is 11.4. The maximum absolute atomic E-state index is 13.5. The lowest BCUT2D eigenvalue weighted by Gasteiger charge is -2.12. The molecule has 0 spiro atoms. The maximum atomic E-state index is 13.5. The predicted molar refractivity (Wildman–Crippen MR) is 66.5 cm³/mol. The fraction of sp³-hybridized carbons (Fsp3) is 0.545. The van der Waals surface area contributed by atoms with Crippen molar-refractivity contribution in [2.75, 3.05) is 0 Å². The minimum Gasteiger partial charge on any atom is -0.481 e. The highest BCUT2D eigenvalue weighted by Crippen LogP contribution is 2.34. The fourth-order valence-electron chi connectivity index (χ4n) is 1.71. The number of thiophene rings is 1. The first kappa shape index (κ1) is 13.6. The van der Waals surface area contributed by atoms with Gasteiger partial charge in [0.15, 0.2) is 5.13 Å². The molecule has 0 aliphatic rings. The van der Waals surface area contributed by atoms with Crippen molar-refractivity contribution in [2.24, 2.45) is 0 Å². The van der Waals surface area contributed by atoms with Crippen LogP contribution in [0.15, 0.2) is 9.85 Å². The Morgan fingerprint density at radius 1 is 1.69 bits per heavy atom. The van der Waals surface area contributed by atoms with Crippen LogP contribution in [0.3, 0.4) is 0 Å². The Morgan fingerprint density at radius 3 is 2.81 bits per heavy atom. The molecule has 0 radical (unpaired) electrons. The van der Waals surface area contributed by atoms with E-state index in [1.54, 1.807) is 6.07 Å². The molecule has 0 bridgehead atoms. The normalized spacial score (nSPS) is 12.7. The summed E-state index contributed by atoms with van der Waals surface area (Å²) < 4.78 is 14.3. The minimum atomic E-state index is -0.790. The zero-order valence-electron chi connectivity index (χ0n) is 9.00. The van der Waals surface area contributed by atoms with Gasteiger partial charge < -0.3 is 5.11 Å². The van der Waals surface area contributed by atoms with Gasteiger partial charge in [0.05, 0.1) is 3.79 Å². The van der Waals surface area contributed by atoms with E-state index in [1.807, 2.05) is 6.92 Å². The third kappa shape index (κ3) is 3.87. The molecule has 0 saturated heterocycles. The van der Waals surface area contributed by atoms with E-state index in [2.05, 4.69) is 15.9 Å². The molecule has 1 rings (SSSR count). The van der Waals surface area contributed by atoms with E-state index in [1.165, 1.54) is 0 Å². The summed E-state index contributed by atoms with van der Waals surface area (Å²) in [6, 6.07) is 1.80. The molecule has 0 aliphatic heterocycles. The van der Waals surface area contributed by atoms with Crippen LogP contribution in [0.2, 0.25) is 0 Å². The Morgan fingerprint density at radius 2 is 2.38 bits per heavy atom. The van der Waals surface area contributed by atoms with E-state index in [9.17, 15) is 9.18 Å². The summed E-state index contributed by atoms with van der Waals surface area (Å²) in [6.07, 6.45) is 2.31. The van der Waals surface area contributed by atoms with Crippen molar-refractivity contribution in [2.45, 2.75) is 38.5 Å². The van der Waals surface area contributed by atoms with E-state index in [-0.39, 0.29) is 17.5 Å². The highest BCUT2D eigenvalue weighted by atomic mass is 79.9. The first-order valence-corrected chi connectivity index (χ1v) is 6.82. The molecule has 1 N–H and O–H groups in total. The molecule has 1 atom stereocenters. The molecule has 5 heteroatoms. The number of hydrogen-bond donors (Lipinski definition) is 1. The standard InChI is InChI=1S/C11H14BrFO2S/c1-2-7(4-3-5-10(14)15)8-6-9(12)16-11(8)13/h6-7H,2-5H2,1H3,(H,14,15). The second-order valence-corrected chi connectivity index (χ2v) is 6.05. The number of rotatable bonds is 6. The summed E-state index contributed by atoms with van der Waals surface area (Å²) in [5.41, 5.74) is 0.713.